The molecule has 10 heavy (non-hydrogen) atoms. The van der Waals surface area contributed by atoms with E-state index in [1.54, 1.807) is 0 Å². The van der Waals surface area contributed by atoms with Crippen LogP contribution in [0.4, 0.5) is 0 Å². The van der Waals surface area contributed by atoms with E-state index in [0.29, 0.717) is 0 Å². The molecular weight excluding hydrogens is 124 g/mol. The van der Waals surface area contributed by atoms with Gasteiger partial charge in [0.1, 0.15) is 0 Å². The fraction of sp³-hybridized carbons (Fsp3) is 0.375. The maximum absolute atomic E-state index is 8.49. The van der Waals surface area contributed by atoms with Crippen molar-refractivity contribution >= 4 is 5.71 Å². The third kappa shape index (κ3) is 1.07. The molecule has 0 bridgehead atoms. The fourth-order valence-electron chi connectivity index (χ4n) is 0.940. The van der Waals surface area contributed by atoms with Gasteiger partial charge in [-0.2, -0.15) is 4.79 Å². The van der Waals surface area contributed by atoms with Crippen LogP contribution in [0.15, 0.2) is 23.8 Å². The van der Waals surface area contributed by atoms with E-state index in [4.69, 9.17) is 5.53 Å². The highest BCUT2D eigenvalue weighted by Crippen LogP contribution is 2.15. The van der Waals surface area contributed by atoms with Gasteiger partial charge < -0.3 is 5.53 Å². The Balaban J connectivity index is 3.00. The number of rotatable bonds is 0. The maximum Gasteiger partial charge on any atom is 0.298 e. The van der Waals surface area contributed by atoms with Crippen molar-refractivity contribution in [3.05, 3.63) is 29.3 Å². The quantitative estimate of drug-likeness (QED) is 0.358. The minimum atomic E-state index is 0.259. The summed E-state index contributed by atoms with van der Waals surface area (Å²) in [7, 11) is 0. The predicted molar refractivity (Wildman–Crippen MR) is 40.7 cm³/mol. The van der Waals surface area contributed by atoms with Gasteiger partial charge in [-0.15, -0.1) is 0 Å². The summed E-state index contributed by atoms with van der Waals surface area (Å²) in [6.45, 7) is 4.05. The number of nitrogens with zero attached hydrogens (tertiary/aromatic N) is 2. The van der Waals surface area contributed by atoms with Crippen LogP contribution in [0.3, 0.4) is 0 Å². The Bertz CT molecular complexity index is 242. The van der Waals surface area contributed by atoms with Crippen molar-refractivity contribution < 1.29 is 4.79 Å². The largest absolute Gasteiger partial charge is 0.361 e. The summed E-state index contributed by atoms with van der Waals surface area (Å²) >= 11 is 0. The lowest BCUT2D eigenvalue weighted by Crippen LogP contribution is -2.12. The molecule has 0 aliphatic heterocycles. The molecule has 0 aromatic rings. The Morgan fingerprint density at radius 3 is 2.80 bits per heavy atom. The van der Waals surface area contributed by atoms with Gasteiger partial charge in [-0.25, -0.2) is 0 Å². The van der Waals surface area contributed by atoms with E-state index < -0.39 is 0 Å². The highest BCUT2D eigenvalue weighted by Gasteiger charge is 2.18. The van der Waals surface area contributed by atoms with Crippen molar-refractivity contribution in [3.8, 4) is 0 Å². The second-order valence-electron chi connectivity index (χ2n) is 2.52. The van der Waals surface area contributed by atoms with Crippen LogP contribution < -0.4 is 0 Å². The van der Waals surface area contributed by atoms with Crippen LogP contribution in [0.1, 0.15) is 13.8 Å². The molecule has 0 saturated carbocycles. The molecule has 2 nitrogen and oxygen atoms in total. The van der Waals surface area contributed by atoms with Crippen LogP contribution in [0.5, 0.6) is 0 Å². The lowest BCUT2D eigenvalue weighted by molar-refractivity contribution is -0.00894. The number of allylic oxidation sites excluding steroid dienone is 4. The molecular formula is C8H10N2. The third-order valence-electron chi connectivity index (χ3n) is 1.87. The first-order chi connectivity index (χ1) is 4.75. The average Bonchev–Trinajstić information content (AvgIpc) is 1.95. The molecule has 1 aliphatic carbocycles. The summed E-state index contributed by atoms with van der Waals surface area (Å²) in [6.07, 6.45) is 5.74. The first-order valence-electron chi connectivity index (χ1n) is 3.32. The molecule has 0 heterocycles. The van der Waals surface area contributed by atoms with Gasteiger partial charge in [0.25, 0.3) is 5.71 Å². The van der Waals surface area contributed by atoms with E-state index in [-0.39, 0.29) is 5.92 Å². The van der Waals surface area contributed by atoms with E-state index >= 15 is 0 Å². The topological polar surface area (TPSA) is 36.4 Å². The Hall–Kier alpha value is -1.14. The summed E-state index contributed by atoms with van der Waals surface area (Å²) < 4.78 is 0. The minimum Gasteiger partial charge on any atom is -0.361 e. The van der Waals surface area contributed by atoms with E-state index in [1.165, 1.54) is 5.57 Å². The van der Waals surface area contributed by atoms with Gasteiger partial charge in [0.05, 0.1) is 5.92 Å². The molecule has 1 unspecified atom stereocenters. The minimum absolute atomic E-state index is 0.259. The van der Waals surface area contributed by atoms with Crippen molar-refractivity contribution in [2.75, 3.05) is 0 Å². The summed E-state index contributed by atoms with van der Waals surface area (Å²) in [5.41, 5.74) is 10.5. The molecule has 0 radical (unpaired) electrons. The fourth-order valence-corrected chi connectivity index (χ4v) is 0.940. The number of hydrogen-bond acceptors (Lipinski definition) is 0. The molecule has 0 aromatic heterocycles. The summed E-state index contributed by atoms with van der Waals surface area (Å²) in [4.78, 5) is 3.17. The van der Waals surface area contributed by atoms with Crippen LogP contribution in [-0.4, -0.2) is 10.5 Å². The first kappa shape index (κ1) is 6.97. The third-order valence-corrected chi connectivity index (χ3v) is 1.87. The lowest BCUT2D eigenvalue weighted by atomic mass is 9.93. The highest BCUT2D eigenvalue weighted by molar-refractivity contribution is 5.95. The van der Waals surface area contributed by atoms with Gasteiger partial charge in [-0.05, 0) is 13.8 Å². The van der Waals surface area contributed by atoms with Crippen LogP contribution in [-0.2, 0) is 0 Å². The van der Waals surface area contributed by atoms with Gasteiger partial charge in [0, 0.05) is 6.08 Å². The standard InChI is InChI=1S/C8H10N2/c1-6-4-3-5-8(10-9)7(6)2/h3-5,7H,1-2H3. The molecule has 0 spiro atoms. The van der Waals surface area contributed by atoms with E-state index in [0.717, 1.165) is 5.71 Å². The summed E-state index contributed by atoms with van der Waals surface area (Å²) in [5, 5.41) is 0. The second kappa shape index (κ2) is 2.63. The zero-order chi connectivity index (χ0) is 7.56. The molecule has 2 heteroatoms. The molecule has 52 valence electrons. The molecule has 0 amide bonds. The molecule has 0 aromatic carbocycles. The van der Waals surface area contributed by atoms with Gasteiger partial charge >= 0.3 is 0 Å². The Kier molecular flexibility index (Phi) is 1.83. The normalized spacial score (nSPS) is 24.0. The van der Waals surface area contributed by atoms with Crippen LogP contribution in [0, 0.1) is 5.92 Å². The van der Waals surface area contributed by atoms with Crippen LogP contribution in [0.25, 0.3) is 5.53 Å². The molecule has 0 fully saturated rings. The average molecular weight is 134 g/mol. The van der Waals surface area contributed by atoms with Gasteiger partial charge in [0.2, 0.25) is 0 Å². The monoisotopic (exact) mass is 134 g/mol. The Morgan fingerprint density at radius 2 is 2.30 bits per heavy atom. The molecule has 0 saturated heterocycles. The zero-order valence-corrected chi connectivity index (χ0v) is 6.20. The smallest absolute Gasteiger partial charge is 0.298 e. The maximum atomic E-state index is 8.49. The van der Waals surface area contributed by atoms with Gasteiger partial charge in [-0.3, -0.25) is 0 Å². The van der Waals surface area contributed by atoms with Crippen molar-refractivity contribution in [2.45, 2.75) is 13.8 Å². The van der Waals surface area contributed by atoms with Crippen LogP contribution >= 0.6 is 0 Å². The van der Waals surface area contributed by atoms with Gasteiger partial charge in [0.15, 0.2) is 0 Å². The first-order valence-corrected chi connectivity index (χ1v) is 3.32. The highest BCUT2D eigenvalue weighted by atomic mass is 14.9. The second-order valence-corrected chi connectivity index (χ2v) is 2.52. The number of hydrogen-bond donors (Lipinski definition) is 0. The van der Waals surface area contributed by atoms with Crippen molar-refractivity contribution in [1.29, 1.82) is 0 Å². The zero-order valence-electron chi connectivity index (χ0n) is 6.20. The SMILES string of the molecule is CC1=CC=CC(=[N+]=[N-])C1C. The van der Waals surface area contributed by atoms with E-state index in [2.05, 4.69) is 4.79 Å². The van der Waals surface area contributed by atoms with E-state index in [9.17, 15) is 0 Å². The lowest BCUT2D eigenvalue weighted by Gasteiger charge is -2.06. The molecule has 1 atom stereocenters. The van der Waals surface area contributed by atoms with Crippen molar-refractivity contribution in [2.24, 2.45) is 5.92 Å². The van der Waals surface area contributed by atoms with Gasteiger partial charge in [-0.1, -0.05) is 17.7 Å². The predicted octanol–water partition coefficient (Wildman–Crippen LogP) is 1.81. The molecule has 1 rings (SSSR count). The van der Waals surface area contributed by atoms with E-state index in [1.807, 2.05) is 32.1 Å². The summed E-state index contributed by atoms with van der Waals surface area (Å²) in [5.74, 6) is 0.259. The van der Waals surface area contributed by atoms with Crippen molar-refractivity contribution in [1.82, 2.24) is 0 Å². The van der Waals surface area contributed by atoms with Crippen molar-refractivity contribution in [3.63, 3.8) is 0 Å². The summed E-state index contributed by atoms with van der Waals surface area (Å²) in [6, 6.07) is 0. The van der Waals surface area contributed by atoms with Crippen LogP contribution in [0.2, 0.25) is 0 Å². The molecule has 0 N–H and O–H groups in total. The Labute approximate surface area is 60.5 Å². The molecule has 1 aliphatic rings. The Morgan fingerprint density at radius 1 is 1.60 bits per heavy atom.